The first kappa shape index (κ1) is 18.8. The summed E-state index contributed by atoms with van der Waals surface area (Å²) in [7, 11) is 2.19. The molecule has 2 unspecified atom stereocenters. The van der Waals surface area contributed by atoms with Crippen molar-refractivity contribution in [3.8, 4) is 0 Å². The number of fused-ring (bicyclic) bond motifs is 1. The molecule has 2 aliphatic rings. The van der Waals surface area contributed by atoms with E-state index >= 15 is 0 Å². The Kier molecular flexibility index (Phi) is 5.74. The molecule has 2 aromatic rings. The Balaban J connectivity index is 1.34. The van der Waals surface area contributed by atoms with Gasteiger partial charge in [-0.05, 0) is 39.1 Å². The zero-order valence-electron chi connectivity index (χ0n) is 16.9. The van der Waals surface area contributed by atoms with E-state index in [-0.39, 0.29) is 0 Å². The van der Waals surface area contributed by atoms with E-state index in [1.807, 2.05) is 0 Å². The molecule has 3 heterocycles. The van der Waals surface area contributed by atoms with Crippen molar-refractivity contribution in [2.75, 3.05) is 52.9 Å². The summed E-state index contributed by atoms with van der Waals surface area (Å²) in [6.07, 6.45) is 0.355. The summed E-state index contributed by atoms with van der Waals surface area (Å²) in [6.45, 7) is 12.7. The summed E-state index contributed by atoms with van der Waals surface area (Å²) in [6, 6.07) is 11.4. The molecule has 2 saturated heterocycles. The van der Waals surface area contributed by atoms with E-state index in [0.29, 0.717) is 12.1 Å². The second-order valence-corrected chi connectivity index (χ2v) is 8.33. The van der Waals surface area contributed by atoms with Crippen molar-refractivity contribution in [1.29, 1.82) is 0 Å². The number of hydrogen-bond acceptors (Lipinski definition) is 5. The lowest BCUT2D eigenvalue weighted by atomic mass is 10.1. The van der Waals surface area contributed by atoms with Crippen LogP contribution in [0.15, 0.2) is 30.3 Å². The molecule has 146 valence electrons. The highest BCUT2D eigenvalue weighted by molar-refractivity contribution is 5.79. The average Bonchev–Trinajstić information content (AvgIpc) is 2.64. The van der Waals surface area contributed by atoms with Gasteiger partial charge in [-0.15, -0.1) is 0 Å². The third-order valence-corrected chi connectivity index (χ3v) is 5.92. The van der Waals surface area contributed by atoms with Gasteiger partial charge in [-0.25, -0.2) is 0 Å². The Bertz CT molecular complexity index is 780. The maximum Gasteiger partial charge on any atom is 0.0829 e. The standard InChI is InChI=1S/C22H32N4O/c1-17-4-7-22-19(12-17)5-6-20(23-22)14-26-9-8-25(13-18(26)2)16-21-15-24(3)10-11-27-21/h4-7,12,18,21H,8-11,13-16H2,1-3H3. The maximum absolute atomic E-state index is 5.95. The van der Waals surface area contributed by atoms with Crippen LogP contribution in [-0.4, -0.2) is 84.8 Å². The summed E-state index contributed by atoms with van der Waals surface area (Å²) < 4.78 is 5.95. The van der Waals surface area contributed by atoms with E-state index < -0.39 is 0 Å². The van der Waals surface area contributed by atoms with Crippen molar-refractivity contribution < 1.29 is 4.74 Å². The number of morpholine rings is 1. The Morgan fingerprint density at radius 3 is 2.81 bits per heavy atom. The molecule has 0 aliphatic carbocycles. The summed E-state index contributed by atoms with van der Waals surface area (Å²) in [5.74, 6) is 0. The van der Waals surface area contributed by atoms with Gasteiger partial charge < -0.3 is 9.64 Å². The largest absolute Gasteiger partial charge is 0.374 e. The minimum Gasteiger partial charge on any atom is -0.374 e. The lowest BCUT2D eigenvalue weighted by Gasteiger charge is -2.42. The van der Waals surface area contributed by atoms with Gasteiger partial charge in [-0.3, -0.25) is 14.8 Å². The number of ether oxygens (including phenoxy) is 1. The van der Waals surface area contributed by atoms with Crippen molar-refractivity contribution >= 4 is 10.9 Å². The van der Waals surface area contributed by atoms with Gasteiger partial charge in [0, 0.05) is 57.2 Å². The zero-order chi connectivity index (χ0) is 18.8. The monoisotopic (exact) mass is 368 g/mol. The molecule has 4 rings (SSSR count). The van der Waals surface area contributed by atoms with Gasteiger partial charge in [0.2, 0.25) is 0 Å². The molecule has 5 heteroatoms. The topological polar surface area (TPSA) is 31.8 Å². The van der Waals surface area contributed by atoms with Crippen LogP contribution < -0.4 is 0 Å². The van der Waals surface area contributed by atoms with Crippen LogP contribution in [0.4, 0.5) is 0 Å². The Morgan fingerprint density at radius 2 is 2.00 bits per heavy atom. The van der Waals surface area contributed by atoms with Crippen LogP contribution >= 0.6 is 0 Å². The molecule has 5 nitrogen and oxygen atoms in total. The van der Waals surface area contributed by atoms with Crippen molar-refractivity contribution in [2.24, 2.45) is 0 Å². The van der Waals surface area contributed by atoms with E-state index in [1.165, 1.54) is 16.6 Å². The smallest absolute Gasteiger partial charge is 0.0829 e. The molecular formula is C22H32N4O. The van der Waals surface area contributed by atoms with Crippen molar-refractivity contribution in [2.45, 2.75) is 32.5 Å². The van der Waals surface area contributed by atoms with Crippen LogP contribution in [0.25, 0.3) is 10.9 Å². The first-order valence-corrected chi connectivity index (χ1v) is 10.2. The predicted octanol–water partition coefficient (Wildman–Crippen LogP) is 2.38. The van der Waals surface area contributed by atoms with Gasteiger partial charge in [0.25, 0.3) is 0 Å². The number of piperazine rings is 1. The van der Waals surface area contributed by atoms with E-state index in [1.54, 1.807) is 0 Å². The molecule has 0 radical (unpaired) electrons. The lowest BCUT2D eigenvalue weighted by Crippen LogP contribution is -2.55. The quantitative estimate of drug-likeness (QED) is 0.827. The van der Waals surface area contributed by atoms with Crippen LogP contribution in [0.2, 0.25) is 0 Å². The average molecular weight is 369 g/mol. The molecule has 2 fully saturated rings. The highest BCUT2D eigenvalue weighted by atomic mass is 16.5. The normalized spacial score (nSPS) is 25.9. The number of hydrogen-bond donors (Lipinski definition) is 0. The van der Waals surface area contributed by atoms with E-state index in [2.05, 4.69) is 65.9 Å². The Hall–Kier alpha value is -1.53. The van der Waals surface area contributed by atoms with E-state index in [0.717, 1.165) is 57.9 Å². The zero-order valence-corrected chi connectivity index (χ0v) is 16.9. The second kappa shape index (κ2) is 8.23. The summed E-state index contributed by atoms with van der Waals surface area (Å²) >= 11 is 0. The number of nitrogens with zero attached hydrogens (tertiary/aromatic N) is 4. The highest BCUT2D eigenvalue weighted by Crippen LogP contribution is 2.18. The van der Waals surface area contributed by atoms with Gasteiger partial charge in [0.15, 0.2) is 0 Å². The minimum atomic E-state index is 0.355. The first-order chi connectivity index (χ1) is 13.1. The summed E-state index contributed by atoms with van der Waals surface area (Å²) in [5.41, 5.74) is 3.56. The van der Waals surface area contributed by atoms with Gasteiger partial charge in [-0.1, -0.05) is 17.7 Å². The molecule has 27 heavy (non-hydrogen) atoms. The molecule has 0 N–H and O–H groups in total. The second-order valence-electron chi connectivity index (χ2n) is 8.33. The number of likely N-dealkylation sites (N-methyl/N-ethyl adjacent to an activating group) is 1. The number of aromatic nitrogens is 1. The lowest BCUT2D eigenvalue weighted by molar-refractivity contribution is -0.0459. The third kappa shape index (κ3) is 4.66. The summed E-state index contributed by atoms with van der Waals surface area (Å²) in [4.78, 5) is 12.4. The molecule has 2 atom stereocenters. The third-order valence-electron chi connectivity index (χ3n) is 5.92. The fourth-order valence-electron chi connectivity index (χ4n) is 4.32. The molecule has 2 aliphatic heterocycles. The van der Waals surface area contributed by atoms with Crippen LogP contribution in [0.1, 0.15) is 18.2 Å². The van der Waals surface area contributed by atoms with E-state index in [9.17, 15) is 0 Å². The molecule has 0 saturated carbocycles. The maximum atomic E-state index is 5.95. The van der Waals surface area contributed by atoms with Crippen molar-refractivity contribution in [1.82, 2.24) is 19.7 Å². The minimum absolute atomic E-state index is 0.355. The van der Waals surface area contributed by atoms with Gasteiger partial charge in [-0.2, -0.15) is 0 Å². The molecule has 1 aromatic heterocycles. The predicted molar refractivity (Wildman–Crippen MR) is 110 cm³/mol. The fraction of sp³-hybridized carbons (Fsp3) is 0.591. The Labute approximate surface area is 162 Å². The van der Waals surface area contributed by atoms with Crippen molar-refractivity contribution in [3.05, 3.63) is 41.6 Å². The number of aryl methyl sites for hydroxylation is 1. The van der Waals surface area contributed by atoms with Crippen LogP contribution in [0, 0.1) is 6.92 Å². The summed E-state index contributed by atoms with van der Waals surface area (Å²) in [5, 5.41) is 1.23. The fourth-order valence-corrected chi connectivity index (χ4v) is 4.32. The Morgan fingerprint density at radius 1 is 1.11 bits per heavy atom. The number of pyridine rings is 1. The SMILES string of the molecule is Cc1ccc2nc(CN3CCN(CC4CN(C)CCO4)CC3C)ccc2c1. The molecule has 0 bridgehead atoms. The van der Waals surface area contributed by atoms with Crippen LogP contribution in [0.5, 0.6) is 0 Å². The van der Waals surface area contributed by atoms with Crippen molar-refractivity contribution in [3.63, 3.8) is 0 Å². The van der Waals surface area contributed by atoms with Gasteiger partial charge in [0.05, 0.1) is 23.9 Å². The number of rotatable bonds is 4. The van der Waals surface area contributed by atoms with Crippen LogP contribution in [-0.2, 0) is 11.3 Å². The molecular weight excluding hydrogens is 336 g/mol. The van der Waals surface area contributed by atoms with Gasteiger partial charge >= 0.3 is 0 Å². The molecule has 1 aromatic carbocycles. The number of benzene rings is 1. The molecule has 0 amide bonds. The highest BCUT2D eigenvalue weighted by Gasteiger charge is 2.27. The van der Waals surface area contributed by atoms with E-state index in [4.69, 9.17) is 9.72 Å². The van der Waals surface area contributed by atoms with Crippen LogP contribution in [0.3, 0.4) is 0 Å². The first-order valence-electron chi connectivity index (χ1n) is 10.2. The van der Waals surface area contributed by atoms with Gasteiger partial charge in [0.1, 0.15) is 0 Å². The molecule has 0 spiro atoms.